The van der Waals surface area contributed by atoms with Gasteiger partial charge in [0.1, 0.15) is 5.82 Å². The minimum absolute atomic E-state index is 0.00919. The number of hydrogen-bond donors (Lipinski definition) is 2. The molecule has 5 nitrogen and oxygen atoms in total. The first-order chi connectivity index (χ1) is 11.1. The standard InChI is InChI=1S/C17H24FN3O2/c18-15-7-1-2-8-16(15)20-9-3-5-13(11-20)19-17(23)21-10-4-6-14(22)12-21/h1-2,7-8,13-14,22H,3-6,9-12H2,(H,19,23)/t13-,14-/m0/s1. The van der Waals surface area contributed by atoms with E-state index in [1.807, 2.05) is 11.0 Å². The number of halogens is 1. The Kier molecular flexibility index (Phi) is 5.00. The summed E-state index contributed by atoms with van der Waals surface area (Å²) in [5, 5.41) is 12.7. The molecule has 0 unspecified atom stereocenters. The first-order valence-electron chi connectivity index (χ1n) is 8.36. The van der Waals surface area contributed by atoms with Crippen molar-refractivity contribution in [2.24, 2.45) is 0 Å². The number of hydrogen-bond acceptors (Lipinski definition) is 3. The maximum Gasteiger partial charge on any atom is 0.317 e. The van der Waals surface area contributed by atoms with Crippen molar-refractivity contribution in [1.29, 1.82) is 0 Å². The maximum absolute atomic E-state index is 13.9. The van der Waals surface area contributed by atoms with Crippen LogP contribution in [0.3, 0.4) is 0 Å². The number of aliphatic hydroxyl groups is 1. The topological polar surface area (TPSA) is 55.8 Å². The average molecular weight is 321 g/mol. The molecule has 2 N–H and O–H groups in total. The predicted molar refractivity (Wildman–Crippen MR) is 87.0 cm³/mol. The fraction of sp³-hybridized carbons (Fsp3) is 0.588. The molecule has 2 aliphatic heterocycles. The van der Waals surface area contributed by atoms with E-state index in [9.17, 15) is 14.3 Å². The molecule has 2 aliphatic rings. The van der Waals surface area contributed by atoms with Gasteiger partial charge in [-0.2, -0.15) is 0 Å². The summed E-state index contributed by atoms with van der Waals surface area (Å²) >= 11 is 0. The molecule has 126 valence electrons. The molecule has 2 saturated heterocycles. The number of piperidine rings is 2. The Morgan fingerprint density at radius 2 is 1.96 bits per heavy atom. The van der Waals surface area contributed by atoms with Gasteiger partial charge in [0.15, 0.2) is 0 Å². The third-order valence-corrected chi connectivity index (χ3v) is 4.63. The minimum Gasteiger partial charge on any atom is -0.391 e. The number of likely N-dealkylation sites (tertiary alicyclic amines) is 1. The van der Waals surface area contributed by atoms with Crippen LogP contribution in [0, 0.1) is 5.82 Å². The van der Waals surface area contributed by atoms with Crippen molar-refractivity contribution >= 4 is 11.7 Å². The van der Waals surface area contributed by atoms with Gasteiger partial charge >= 0.3 is 6.03 Å². The third-order valence-electron chi connectivity index (χ3n) is 4.63. The molecule has 23 heavy (non-hydrogen) atoms. The number of aliphatic hydroxyl groups excluding tert-OH is 1. The number of nitrogens with zero attached hydrogens (tertiary/aromatic N) is 2. The predicted octanol–water partition coefficient (Wildman–Crippen LogP) is 1.96. The summed E-state index contributed by atoms with van der Waals surface area (Å²) in [7, 11) is 0. The molecule has 0 spiro atoms. The van der Waals surface area contributed by atoms with Gasteiger partial charge in [-0.15, -0.1) is 0 Å². The molecule has 0 aliphatic carbocycles. The summed E-state index contributed by atoms with van der Waals surface area (Å²) in [4.78, 5) is 16.0. The summed E-state index contributed by atoms with van der Waals surface area (Å²) in [6, 6.07) is 6.64. The Labute approximate surface area is 136 Å². The van der Waals surface area contributed by atoms with Gasteiger partial charge in [0.2, 0.25) is 0 Å². The normalized spacial score (nSPS) is 25.3. The van der Waals surface area contributed by atoms with Gasteiger partial charge in [0.25, 0.3) is 0 Å². The molecule has 0 aromatic heterocycles. The van der Waals surface area contributed by atoms with Gasteiger partial charge < -0.3 is 20.2 Å². The van der Waals surface area contributed by atoms with Crippen LogP contribution in [0.5, 0.6) is 0 Å². The monoisotopic (exact) mass is 321 g/mol. The Morgan fingerprint density at radius 3 is 2.74 bits per heavy atom. The number of benzene rings is 1. The van der Waals surface area contributed by atoms with Crippen LogP contribution in [-0.2, 0) is 0 Å². The van der Waals surface area contributed by atoms with Crippen LogP contribution in [0.15, 0.2) is 24.3 Å². The zero-order valence-corrected chi connectivity index (χ0v) is 13.2. The highest BCUT2D eigenvalue weighted by atomic mass is 19.1. The van der Waals surface area contributed by atoms with E-state index >= 15 is 0 Å². The van der Waals surface area contributed by atoms with E-state index in [1.165, 1.54) is 6.07 Å². The third kappa shape index (κ3) is 3.93. The average Bonchev–Trinajstić information content (AvgIpc) is 2.55. The Morgan fingerprint density at radius 1 is 1.17 bits per heavy atom. The highest BCUT2D eigenvalue weighted by Gasteiger charge is 2.27. The Hall–Kier alpha value is -1.82. The fourth-order valence-electron chi connectivity index (χ4n) is 3.43. The lowest BCUT2D eigenvalue weighted by Gasteiger charge is -2.37. The molecule has 6 heteroatoms. The summed E-state index contributed by atoms with van der Waals surface area (Å²) in [5.41, 5.74) is 0.597. The molecule has 2 fully saturated rings. The van der Waals surface area contributed by atoms with Crippen molar-refractivity contribution in [2.45, 2.75) is 37.8 Å². The molecule has 3 rings (SSSR count). The number of rotatable bonds is 2. The summed E-state index contributed by atoms with van der Waals surface area (Å²) < 4.78 is 13.9. The number of para-hydroxylation sites is 1. The zero-order chi connectivity index (χ0) is 16.2. The van der Waals surface area contributed by atoms with Crippen LogP contribution >= 0.6 is 0 Å². The zero-order valence-electron chi connectivity index (χ0n) is 13.2. The number of urea groups is 1. The van der Waals surface area contributed by atoms with E-state index in [1.54, 1.807) is 17.0 Å². The van der Waals surface area contributed by atoms with Gasteiger partial charge in [-0.05, 0) is 37.8 Å². The van der Waals surface area contributed by atoms with E-state index in [0.717, 1.165) is 32.2 Å². The van der Waals surface area contributed by atoms with Gasteiger partial charge in [0, 0.05) is 32.2 Å². The highest BCUT2D eigenvalue weighted by molar-refractivity contribution is 5.74. The van der Waals surface area contributed by atoms with Crippen LogP contribution in [0.25, 0.3) is 0 Å². The molecular formula is C17H24FN3O2. The first kappa shape index (κ1) is 16.1. The molecule has 0 radical (unpaired) electrons. The number of nitrogens with one attached hydrogen (secondary N) is 1. The number of β-amino-alcohol motifs (C(OH)–C–C–N with tert-alkyl or cyclic N) is 1. The SMILES string of the molecule is O=C(N[C@H]1CCCN(c2ccccc2F)C1)N1CCC[C@H](O)C1. The van der Waals surface area contributed by atoms with Gasteiger partial charge in [-0.25, -0.2) is 9.18 Å². The lowest BCUT2D eigenvalue weighted by molar-refractivity contribution is 0.0831. The molecule has 2 amide bonds. The minimum atomic E-state index is -0.421. The van der Waals surface area contributed by atoms with Crippen LogP contribution in [0.4, 0.5) is 14.9 Å². The van der Waals surface area contributed by atoms with Crippen molar-refractivity contribution in [1.82, 2.24) is 10.2 Å². The summed E-state index contributed by atoms with van der Waals surface area (Å²) in [6.45, 7) is 2.50. The van der Waals surface area contributed by atoms with Gasteiger partial charge in [-0.1, -0.05) is 12.1 Å². The van der Waals surface area contributed by atoms with E-state index in [0.29, 0.717) is 25.3 Å². The van der Waals surface area contributed by atoms with E-state index in [4.69, 9.17) is 0 Å². The Bertz CT molecular complexity index is 554. The number of amides is 2. The molecule has 1 aromatic rings. The quantitative estimate of drug-likeness (QED) is 0.875. The van der Waals surface area contributed by atoms with Crippen LogP contribution in [-0.4, -0.2) is 54.4 Å². The molecule has 2 heterocycles. The summed E-state index contributed by atoms with van der Waals surface area (Å²) in [5.74, 6) is -0.223. The van der Waals surface area contributed by atoms with E-state index < -0.39 is 6.10 Å². The van der Waals surface area contributed by atoms with Crippen molar-refractivity contribution in [3.63, 3.8) is 0 Å². The highest BCUT2D eigenvalue weighted by Crippen LogP contribution is 2.23. The second kappa shape index (κ2) is 7.17. The van der Waals surface area contributed by atoms with E-state index in [-0.39, 0.29) is 17.9 Å². The van der Waals surface area contributed by atoms with Crippen LogP contribution in [0.1, 0.15) is 25.7 Å². The van der Waals surface area contributed by atoms with Crippen molar-refractivity contribution in [2.75, 3.05) is 31.1 Å². The molecular weight excluding hydrogens is 297 g/mol. The number of carbonyl (C=O) groups excluding carboxylic acids is 1. The van der Waals surface area contributed by atoms with E-state index in [2.05, 4.69) is 5.32 Å². The molecule has 2 atom stereocenters. The molecule has 0 saturated carbocycles. The van der Waals surface area contributed by atoms with Crippen LogP contribution in [0.2, 0.25) is 0 Å². The number of anilines is 1. The lowest BCUT2D eigenvalue weighted by Crippen LogP contribution is -2.54. The second-order valence-electron chi connectivity index (χ2n) is 6.43. The maximum atomic E-state index is 13.9. The molecule has 0 bridgehead atoms. The summed E-state index contributed by atoms with van der Waals surface area (Å²) in [6.07, 6.45) is 2.99. The largest absolute Gasteiger partial charge is 0.391 e. The van der Waals surface area contributed by atoms with Crippen molar-refractivity contribution in [3.05, 3.63) is 30.1 Å². The number of carbonyl (C=O) groups is 1. The smallest absolute Gasteiger partial charge is 0.317 e. The molecule has 1 aromatic carbocycles. The van der Waals surface area contributed by atoms with Crippen molar-refractivity contribution in [3.8, 4) is 0 Å². The lowest BCUT2D eigenvalue weighted by atomic mass is 10.0. The van der Waals surface area contributed by atoms with Crippen LogP contribution < -0.4 is 10.2 Å². The second-order valence-corrected chi connectivity index (χ2v) is 6.43. The fourth-order valence-corrected chi connectivity index (χ4v) is 3.43. The van der Waals surface area contributed by atoms with Gasteiger partial charge in [-0.3, -0.25) is 0 Å². The van der Waals surface area contributed by atoms with Crippen molar-refractivity contribution < 1.29 is 14.3 Å². The Balaban J connectivity index is 1.58. The first-order valence-corrected chi connectivity index (χ1v) is 8.36. The van der Waals surface area contributed by atoms with Gasteiger partial charge in [0.05, 0.1) is 11.8 Å².